The summed E-state index contributed by atoms with van der Waals surface area (Å²) < 4.78 is 58.7. The van der Waals surface area contributed by atoms with Crippen LogP contribution in [0.3, 0.4) is 0 Å². The number of carboxylic acid groups (broad SMARTS) is 3. The number of aromatic hydroxyl groups is 2. The molecule has 9 aromatic rings. The van der Waals surface area contributed by atoms with Gasteiger partial charge in [0.25, 0.3) is 11.9 Å². The number of fused-ring (bicyclic) bond motifs is 18. The molecular formula is C85H76ClO25Y-. The van der Waals surface area contributed by atoms with Crippen molar-refractivity contribution in [2.75, 3.05) is 0 Å². The van der Waals surface area contributed by atoms with E-state index >= 15 is 0 Å². The summed E-state index contributed by atoms with van der Waals surface area (Å²) >= 11 is 0. The van der Waals surface area contributed by atoms with E-state index in [1.54, 1.807) is 180 Å². The largest absolute Gasteiger partial charge is 0.545 e. The molecule has 6 heterocycles. The number of phenolic OH excluding ortho intramolecular Hbond substituents is 2. The second kappa shape index (κ2) is 31.4. The number of phenols is 2. The summed E-state index contributed by atoms with van der Waals surface area (Å²) in [6.45, 7) is 23.1. The average Bonchev–Trinajstić information content (AvgIpc) is 1.50. The number of hydrogen-bond donors (Lipinski definition) is 4. The van der Waals surface area contributed by atoms with Gasteiger partial charge in [-0.1, -0.05) is 42.5 Å². The molecule has 577 valence electrons. The van der Waals surface area contributed by atoms with Crippen LogP contribution in [-0.2, 0) is 92.5 Å². The molecule has 112 heavy (non-hydrogen) atoms. The van der Waals surface area contributed by atoms with Gasteiger partial charge in [-0.05, 0) is 186 Å². The number of carbonyl (C=O) groups excluding carboxylic acids is 8. The van der Waals surface area contributed by atoms with Crippen molar-refractivity contribution in [2.24, 2.45) is 21.7 Å². The molecule has 1 radical (unpaired) electrons. The SMILES string of the molecule is CC(=O)O.CC(=O)O.CC(C)(C)C(=O)Oc1ccc2c(c1)Oc1cc(OC(=O)C(C)(C)C)ccc1C21OC(=O)c2ccc(C(=O)[O-])cc21.CC(C)(C)C(=O)Oc1ccc2c(c1)Oc1cc(OC(=O)C(C)(C)C)ccc1C21OC(=O)c2ccccc21.Cl.O=C1OC2(c3ccc(O)cc3Oc3cc(O)ccc32)c2ccccc21.[Y]. The maximum absolute atomic E-state index is 13.1. The number of ether oxygens (including phenoxy) is 10. The van der Waals surface area contributed by atoms with E-state index in [2.05, 4.69) is 0 Å². The number of aromatic carboxylic acids is 1. The van der Waals surface area contributed by atoms with Gasteiger partial charge in [0.2, 0.25) is 0 Å². The van der Waals surface area contributed by atoms with Crippen molar-refractivity contribution < 1.29 is 154 Å². The predicted octanol–water partition coefficient (Wildman–Crippen LogP) is 14.9. The molecule has 0 aliphatic carbocycles. The zero-order valence-electron chi connectivity index (χ0n) is 63.1. The van der Waals surface area contributed by atoms with Crippen LogP contribution in [0.5, 0.6) is 69.0 Å². The van der Waals surface area contributed by atoms with Crippen molar-refractivity contribution in [2.45, 2.75) is 114 Å². The van der Waals surface area contributed by atoms with Gasteiger partial charge in [0, 0.05) is 133 Å². The van der Waals surface area contributed by atoms with Crippen molar-refractivity contribution in [3.05, 3.63) is 248 Å². The van der Waals surface area contributed by atoms with Crippen molar-refractivity contribution in [1.82, 2.24) is 0 Å². The summed E-state index contributed by atoms with van der Waals surface area (Å²) in [4.78, 5) is 118. The summed E-state index contributed by atoms with van der Waals surface area (Å²) in [6.07, 6.45) is 0. The third-order valence-electron chi connectivity index (χ3n) is 17.6. The monoisotopic (exact) mass is 1620 g/mol. The molecule has 6 aliphatic heterocycles. The van der Waals surface area contributed by atoms with Crippen molar-refractivity contribution in [3.8, 4) is 69.0 Å². The van der Waals surface area contributed by atoms with E-state index in [-0.39, 0.29) is 96.3 Å². The van der Waals surface area contributed by atoms with Gasteiger partial charge in [0.05, 0.1) is 44.3 Å². The Morgan fingerprint density at radius 2 is 0.580 bits per heavy atom. The number of aliphatic carboxylic acids is 2. The molecule has 0 saturated carbocycles. The molecular weight excluding hydrogens is 1550 g/mol. The van der Waals surface area contributed by atoms with Crippen LogP contribution < -0.4 is 38.3 Å². The smallest absolute Gasteiger partial charge is 0.340 e. The number of hydrogen-bond acceptors (Lipinski definition) is 23. The first kappa shape index (κ1) is 84.1. The molecule has 0 amide bonds. The van der Waals surface area contributed by atoms with Gasteiger partial charge < -0.3 is 77.7 Å². The topological polar surface area (TPSA) is 367 Å². The maximum Gasteiger partial charge on any atom is 0.340 e. The molecule has 3 spiro atoms. The van der Waals surface area contributed by atoms with E-state index in [1.165, 1.54) is 54.6 Å². The molecule has 4 N–H and O–H groups in total. The van der Waals surface area contributed by atoms with E-state index in [9.17, 15) is 53.7 Å². The predicted molar refractivity (Wildman–Crippen MR) is 396 cm³/mol. The summed E-state index contributed by atoms with van der Waals surface area (Å²) in [7, 11) is 0. The molecule has 6 aliphatic rings. The van der Waals surface area contributed by atoms with E-state index < -0.39 is 98.2 Å². The van der Waals surface area contributed by atoms with Crippen LogP contribution >= 0.6 is 12.4 Å². The van der Waals surface area contributed by atoms with Crippen molar-refractivity contribution in [3.63, 3.8) is 0 Å². The van der Waals surface area contributed by atoms with Gasteiger partial charge >= 0.3 is 41.8 Å². The van der Waals surface area contributed by atoms with Gasteiger partial charge in [0.1, 0.15) is 69.0 Å². The Bertz CT molecular complexity index is 5130. The minimum absolute atomic E-state index is 0. The number of carbonyl (C=O) groups is 10. The maximum atomic E-state index is 13.1. The third-order valence-corrected chi connectivity index (χ3v) is 17.6. The van der Waals surface area contributed by atoms with E-state index in [1.807, 2.05) is 24.3 Å². The van der Waals surface area contributed by atoms with Crippen LogP contribution in [0.15, 0.2) is 176 Å². The van der Waals surface area contributed by atoms with Crippen LogP contribution in [0, 0.1) is 21.7 Å². The molecule has 0 bridgehead atoms. The average molecular weight is 1620 g/mol. The number of benzene rings is 9. The number of rotatable bonds is 5. The van der Waals surface area contributed by atoms with E-state index in [4.69, 9.17) is 67.2 Å². The molecule has 0 saturated heterocycles. The van der Waals surface area contributed by atoms with Crippen LogP contribution in [0.2, 0.25) is 0 Å². The Hall–Kier alpha value is -11.9. The fraction of sp³-hybridized carbons (Fsp3) is 0.247. The second-order valence-electron chi connectivity index (χ2n) is 30.2. The van der Waals surface area contributed by atoms with Crippen LogP contribution in [0.1, 0.15) is 188 Å². The zero-order chi connectivity index (χ0) is 80.3. The molecule has 9 aromatic carbocycles. The number of halogens is 1. The first-order valence-corrected chi connectivity index (χ1v) is 34.3. The summed E-state index contributed by atoms with van der Waals surface area (Å²) in [6, 6.07) is 47.1. The van der Waals surface area contributed by atoms with E-state index in [0.29, 0.717) is 90.1 Å². The number of carboxylic acids is 3. The minimum Gasteiger partial charge on any atom is -0.545 e. The Kier molecular flexibility index (Phi) is 23.6. The summed E-state index contributed by atoms with van der Waals surface area (Å²) in [5, 5.41) is 46.2. The standard InChI is InChI=1S/C31H28O9.C30H28O7.C20H12O5.2C2H4O2.ClH.Y/c1-29(2,3)27(35)37-17-8-11-20-23(14-17)39-24-15-18(38-28(36)30(4,5)6)9-12-21(24)31(20)22-13-16(25(32)33)7-10-19(22)26(34)40-31;1-28(2,3)26(32)34-17-11-13-21-23(15-17)36-24-16-18(35-27(33)29(4,5)6)12-14-22(24)30(21)20-10-8-7-9-19(20)25(31)37-30;21-11-5-7-15-17(9-11)24-18-10-12(22)6-8-16(18)20(15)14-4-2-1-3-13(14)19(23)25-20;2*1-2(3)4;;/h7-15H,1-6H3,(H,32,33);7-16H,1-6H3;1-10,21-22H;2*1H3,(H,3,4);1H;/p-1. The second-order valence-corrected chi connectivity index (χ2v) is 30.2. The summed E-state index contributed by atoms with van der Waals surface area (Å²) in [5.74, 6) is -3.42. The normalized spacial score (nSPS) is 14.2. The first-order chi connectivity index (χ1) is 51.5. The van der Waals surface area contributed by atoms with Gasteiger partial charge in [-0.2, -0.15) is 0 Å². The van der Waals surface area contributed by atoms with Gasteiger partial charge in [-0.15, -0.1) is 12.4 Å². The summed E-state index contributed by atoms with van der Waals surface area (Å²) in [5.41, 5.74) is -1.13. The molecule has 0 aromatic heterocycles. The van der Waals surface area contributed by atoms with Gasteiger partial charge in [0.15, 0.2) is 16.8 Å². The van der Waals surface area contributed by atoms with Crippen LogP contribution in [0.25, 0.3) is 0 Å². The Morgan fingerprint density at radius 3 is 0.848 bits per heavy atom. The molecule has 25 nitrogen and oxygen atoms in total. The van der Waals surface area contributed by atoms with Crippen molar-refractivity contribution >= 4 is 72.1 Å². The Balaban J connectivity index is 0.000000186. The third kappa shape index (κ3) is 16.3. The van der Waals surface area contributed by atoms with Crippen molar-refractivity contribution in [1.29, 1.82) is 0 Å². The van der Waals surface area contributed by atoms with E-state index in [0.717, 1.165) is 13.8 Å². The van der Waals surface area contributed by atoms with Gasteiger partial charge in [-0.25, -0.2) is 14.4 Å². The fourth-order valence-electron chi connectivity index (χ4n) is 12.4. The molecule has 0 atom stereocenters. The Labute approximate surface area is 673 Å². The quantitative estimate of drug-likeness (QED) is 0.0706. The first-order valence-electron chi connectivity index (χ1n) is 34.3. The molecule has 15 rings (SSSR count). The Morgan fingerprint density at radius 1 is 0.339 bits per heavy atom. The van der Waals surface area contributed by atoms with Gasteiger partial charge in [-0.3, -0.25) is 28.8 Å². The number of esters is 7. The van der Waals surface area contributed by atoms with Crippen LogP contribution in [0.4, 0.5) is 0 Å². The molecule has 27 heteroatoms. The van der Waals surface area contributed by atoms with Crippen LogP contribution in [-0.4, -0.2) is 80.1 Å². The zero-order valence-corrected chi connectivity index (χ0v) is 66.7. The molecule has 0 fully saturated rings. The minimum atomic E-state index is -1.60. The fourth-order valence-corrected chi connectivity index (χ4v) is 12.4. The molecule has 0 unspecified atom stereocenters.